The number of nitrogens with zero attached hydrogens (tertiary/aromatic N) is 1. The van der Waals surface area contributed by atoms with Gasteiger partial charge in [0.1, 0.15) is 0 Å². The molecule has 2 rings (SSSR count). The Morgan fingerprint density at radius 2 is 1.95 bits per heavy atom. The fraction of sp³-hybridized carbons (Fsp3) is 0.929. The highest BCUT2D eigenvalue weighted by Crippen LogP contribution is 2.29. The molecule has 21 heavy (non-hydrogen) atoms. The maximum absolute atomic E-state index is 12.3. The summed E-state index contributed by atoms with van der Waals surface area (Å²) in [6, 6.07) is 0. The molecular formula is C14H26N2O4S. The number of nitrogens with one attached hydrogen (secondary N) is 1. The Balaban J connectivity index is 1.90. The second kappa shape index (κ2) is 7.07. The maximum Gasteiger partial charge on any atom is 0.307 e. The average molecular weight is 318 g/mol. The van der Waals surface area contributed by atoms with Crippen LogP contribution in [-0.2, 0) is 15.0 Å². The molecular weight excluding hydrogens is 292 g/mol. The van der Waals surface area contributed by atoms with Crippen LogP contribution in [0, 0.1) is 17.8 Å². The minimum absolute atomic E-state index is 0.0882. The van der Waals surface area contributed by atoms with Crippen molar-refractivity contribution in [3.63, 3.8) is 0 Å². The van der Waals surface area contributed by atoms with Crippen LogP contribution in [0.2, 0.25) is 0 Å². The summed E-state index contributed by atoms with van der Waals surface area (Å²) in [4.78, 5) is 11.0. The third-order valence-electron chi connectivity index (χ3n) is 4.89. The zero-order valence-corrected chi connectivity index (χ0v) is 13.4. The quantitative estimate of drug-likeness (QED) is 0.803. The van der Waals surface area contributed by atoms with Crippen molar-refractivity contribution in [1.82, 2.24) is 9.03 Å². The highest BCUT2D eigenvalue weighted by Gasteiger charge is 2.33. The number of carboxylic acid groups (broad SMARTS) is 1. The van der Waals surface area contributed by atoms with Crippen LogP contribution in [0.4, 0.5) is 0 Å². The second-order valence-electron chi connectivity index (χ2n) is 6.41. The van der Waals surface area contributed by atoms with E-state index in [0.29, 0.717) is 37.8 Å². The lowest BCUT2D eigenvalue weighted by atomic mass is 9.81. The molecule has 3 unspecified atom stereocenters. The molecule has 1 aliphatic heterocycles. The molecule has 0 bridgehead atoms. The van der Waals surface area contributed by atoms with Gasteiger partial charge in [0, 0.05) is 19.6 Å². The first kappa shape index (κ1) is 16.7. The van der Waals surface area contributed by atoms with E-state index in [2.05, 4.69) is 11.6 Å². The number of carboxylic acids is 1. The molecule has 122 valence electrons. The lowest BCUT2D eigenvalue weighted by Gasteiger charge is -2.32. The Morgan fingerprint density at radius 1 is 1.24 bits per heavy atom. The Morgan fingerprint density at radius 3 is 2.62 bits per heavy atom. The molecule has 3 atom stereocenters. The van der Waals surface area contributed by atoms with Crippen LogP contribution in [0.1, 0.15) is 45.4 Å². The molecule has 0 amide bonds. The second-order valence-corrected chi connectivity index (χ2v) is 8.17. The summed E-state index contributed by atoms with van der Waals surface area (Å²) in [6.45, 7) is 3.15. The van der Waals surface area contributed by atoms with Crippen molar-refractivity contribution in [3.05, 3.63) is 0 Å². The van der Waals surface area contributed by atoms with Gasteiger partial charge >= 0.3 is 5.97 Å². The smallest absolute Gasteiger partial charge is 0.307 e. The van der Waals surface area contributed by atoms with Crippen LogP contribution in [0.25, 0.3) is 0 Å². The lowest BCUT2D eigenvalue weighted by Crippen LogP contribution is -2.48. The molecule has 1 saturated heterocycles. The Kier molecular flexibility index (Phi) is 5.62. The van der Waals surface area contributed by atoms with E-state index in [1.165, 1.54) is 17.1 Å². The standard InChI is InChI=1S/C14H26N2O4S/c1-11-5-2-3-6-12(11)9-15-21(19,20)16-8-4-7-13(10-16)14(17)18/h11-13,15H,2-10H2,1H3,(H,17,18). The predicted octanol–water partition coefficient (Wildman–Crippen LogP) is 1.44. The summed E-state index contributed by atoms with van der Waals surface area (Å²) in [5.74, 6) is -0.539. The Labute approximate surface area is 127 Å². The van der Waals surface area contributed by atoms with E-state index in [0.717, 1.165) is 12.8 Å². The van der Waals surface area contributed by atoms with Gasteiger partial charge in [-0.05, 0) is 31.1 Å². The average Bonchev–Trinajstić information content (AvgIpc) is 2.46. The minimum atomic E-state index is -3.55. The lowest BCUT2D eigenvalue weighted by molar-refractivity contribution is -0.142. The van der Waals surface area contributed by atoms with Crippen LogP contribution in [0.15, 0.2) is 0 Å². The van der Waals surface area contributed by atoms with Crippen LogP contribution >= 0.6 is 0 Å². The summed E-state index contributed by atoms with van der Waals surface area (Å²) in [5, 5.41) is 9.05. The summed E-state index contributed by atoms with van der Waals surface area (Å²) in [6.07, 6.45) is 5.80. The van der Waals surface area contributed by atoms with Crippen molar-refractivity contribution in [1.29, 1.82) is 0 Å². The number of rotatable bonds is 5. The van der Waals surface area contributed by atoms with Gasteiger partial charge in [0.25, 0.3) is 10.2 Å². The minimum Gasteiger partial charge on any atom is -0.481 e. The molecule has 1 heterocycles. The van der Waals surface area contributed by atoms with Crippen molar-refractivity contribution < 1.29 is 18.3 Å². The van der Waals surface area contributed by atoms with Gasteiger partial charge in [0.05, 0.1) is 5.92 Å². The van der Waals surface area contributed by atoms with Crippen LogP contribution < -0.4 is 4.72 Å². The van der Waals surface area contributed by atoms with Gasteiger partial charge < -0.3 is 5.11 Å². The van der Waals surface area contributed by atoms with Crippen molar-refractivity contribution in [3.8, 4) is 0 Å². The van der Waals surface area contributed by atoms with Gasteiger partial charge in [-0.2, -0.15) is 12.7 Å². The van der Waals surface area contributed by atoms with E-state index in [-0.39, 0.29) is 6.54 Å². The van der Waals surface area contributed by atoms with E-state index in [9.17, 15) is 13.2 Å². The summed E-state index contributed by atoms with van der Waals surface area (Å²) in [5.41, 5.74) is 0. The summed E-state index contributed by atoms with van der Waals surface area (Å²) >= 11 is 0. The highest BCUT2D eigenvalue weighted by molar-refractivity contribution is 7.87. The zero-order valence-electron chi connectivity index (χ0n) is 12.6. The van der Waals surface area contributed by atoms with Crippen molar-refractivity contribution in [2.24, 2.45) is 17.8 Å². The SMILES string of the molecule is CC1CCCCC1CNS(=O)(=O)N1CCCC(C(=O)O)C1. The monoisotopic (exact) mass is 318 g/mol. The number of hydrogen-bond acceptors (Lipinski definition) is 3. The molecule has 2 fully saturated rings. The third kappa shape index (κ3) is 4.40. The van der Waals surface area contributed by atoms with Gasteiger partial charge in [-0.25, -0.2) is 4.72 Å². The number of piperidine rings is 1. The first-order valence-electron chi connectivity index (χ1n) is 7.87. The van der Waals surface area contributed by atoms with E-state index in [1.54, 1.807) is 0 Å². The summed E-state index contributed by atoms with van der Waals surface area (Å²) in [7, 11) is -3.55. The first-order chi connectivity index (χ1) is 9.90. The first-order valence-corrected chi connectivity index (χ1v) is 9.31. The van der Waals surface area contributed by atoms with Crippen LogP contribution in [0.5, 0.6) is 0 Å². The van der Waals surface area contributed by atoms with E-state index < -0.39 is 22.1 Å². The fourth-order valence-electron chi connectivity index (χ4n) is 3.36. The van der Waals surface area contributed by atoms with Gasteiger partial charge in [0.2, 0.25) is 0 Å². The number of aliphatic carboxylic acids is 1. The number of hydrogen-bond donors (Lipinski definition) is 2. The van der Waals surface area contributed by atoms with Gasteiger partial charge in [-0.15, -0.1) is 0 Å². The molecule has 0 radical (unpaired) electrons. The fourth-order valence-corrected chi connectivity index (χ4v) is 4.72. The normalized spacial score (nSPS) is 32.0. The topological polar surface area (TPSA) is 86.7 Å². The molecule has 0 aromatic carbocycles. The van der Waals surface area contributed by atoms with Gasteiger partial charge in [0.15, 0.2) is 0 Å². The van der Waals surface area contributed by atoms with E-state index in [1.807, 2.05) is 0 Å². The molecule has 1 aliphatic carbocycles. The van der Waals surface area contributed by atoms with E-state index in [4.69, 9.17) is 5.11 Å². The van der Waals surface area contributed by atoms with Crippen molar-refractivity contribution in [2.45, 2.75) is 45.4 Å². The molecule has 0 aromatic rings. The molecule has 2 N–H and O–H groups in total. The number of carbonyl (C=O) groups is 1. The highest BCUT2D eigenvalue weighted by atomic mass is 32.2. The molecule has 7 heteroatoms. The summed E-state index contributed by atoms with van der Waals surface area (Å²) < 4.78 is 28.6. The Bertz CT molecular complexity index is 466. The van der Waals surface area contributed by atoms with Gasteiger partial charge in [-0.3, -0.25) is 4.79 Å². The van der Waals surface area contributed by atoms with Gasteiger partial charge in [-0.1, -0.05) is 26.2 Å². The molecule has 0 aromatic heterocycles. The Hall–Kier alpha value is -0.660. The molecule has 2 aliphatic rings. The van der Waals surface area contributed by atoms with Crippen LogP contribution in [0.3, 0.4) is 0 Å². The molecule has 6 nitrogen and oxygen atoms in total. The zero-order chi connectivity index (χ0) is 15.5. The third-order valence-corrected chi connectivity index (χ3v) is 6.43. The molecule has 0 spiro atoms. The largest absolute Gasteiger partial charge is 0.481 e. The maximum atomic E-state index is 12.3. The van der Waals surface area contributed by atoms with E-state index >= 15 is 0 Å². The molecule has 1 saturated carbocycles. The predicted molar refractivity (Wildman–Crippen MR) is 80.0 cm³/mol. The van der Waals surface area contributed by atoms with Crippen molar-refractivity contribution >= 4 is 16.2 Å². The van der Waals surface area contributed by atoms with Crippen LogP contribution in [-0.4, -0.2) is 43.4 Å². The van der Waals surface area contributed by atoms with Crippen molar-refractivity contribution in [2.75, 3.05) is 19.6 Å².